The zero-order chi connectivity index (χ0) is 23.0. The number of carbonyl (C=O) groups excluding carboxylic acids is 1. The van der Waals surface area contributed by atoms with Gasteiger partial charge in [-0.1, -0.05) is 6.07 Å². The van der Waals surface area contributed by atoms with E-state index in [1.807, 2.05) is 30.3 Å². The monoisotopic (exact) mass is 463 g/mol. The first-order valence-electron chi connectivity index (χ1n) is 10.4. The largest absolute Gasteiger partial charge is 0.454 e. The molecule has 168 valence electrons. The highest BCUT2D eigenvalue weighted by Gasteiger charge is 2.23. The summed E-state index contributed by atoms with van der Waals surface area (Å²) in [6, 6.07) is 12.4. The Balaban J connectivity index is 1.54. The molecule has 0 bridgehead atoms. The summed E-state index contributed by atoms with van der Waals surface area (Å²) in [5, 5.41) is 0.791. The smallest absolute Gasteiger partial charge is 0.222 e. The molecule has 4 aromatic rings. The number of sulfone groups is 1. The molecule has 0 radical (unpaired) electrons. The van der Waals surface area contributed by atoms with Gasteiger partial charge in [0.05, 0.1) is 24.1 Å². The number of aromatic nitrogens is 4. The number of likely N-dealkylation sites (tertiary alicyclic amines) is 1. The Kier molecular flexibility index (Phi) is 5.29. The maximum Gasteiger partial charge on any atom is 0.222 e. The summed E-state index contributed by atoms with van der Waals surface area (Å²) in [7, 11) is -3.41. The average molecular weight is 464 g/mol. The van der Waals surface area contributed by atoms with Crippen molar-refractivity contribution < 1.29 is 17.9 Å². The van der Waals surface area contributed by atoms with Crippen molar-refractivity contribution in [3.63, 3.8) is 0 Å². The number of amides is 1. The molecule has 9 nitrogen and oxygen atoms in total. The van der Waals surface area contributed by atoms with E-state index in [1.54, 1.807) is 17.2 Å². The molecule has 1 N–H and O–H groups in total. The van der Waals surface area contributed by atoms with Gasteiger partial charge in [0.1, 0.15) is 17.1 Å². The number of rotatable bonds is 6. The topological polar surface area (TPSA) is 118 Å². The molecule has 1 fully saturated rings. The first-order chi connectivity index (χ1) is 15.9. The Morgan fingerprint density at radius 3 is 2.70 bits per heavy atom. The van der Waals surface area contributed by atoms with Crippen LogP contribution in [0.15, 0.2) is 59.9 Å². The molecule has 0 atom stereocenters. The predicted octanol–water partition coefficient (Wildman–Crippen LogP) is 3.34. The van der Waals surface area contributed by atoms with Gasteiger partial charge >= 0.3 is 0 Å². The van der Waals surface area contributed by atoms with Crippen molar-refractivity contribution >= 4 is 26.8 Å². The number of nitrogens with one attached hydrogen (secondary N) is 1. The average Bonchev–Trinajstić information content (AvgIpc) is 3.40. The highest BCUT2D eigenvalue weighted by molar-refractivity contribution is 7.90. The summed E-state index contributed by atoms with van der Waals surface area (Å²) in [6.07, 6.45) is 5.54. The van der Waals surface area contributed by atoms with Gasteiger partial charge in [0, 0.05) is 30.8 Å². The van der Waals surface area contributed by atoms with E-state index in [9.17, 15) is 13.2 Å². The van der Waals surface area contributed by atoms with Gasteiger partial charge in [0.2, 0.25) is 5.91 Å². The first-order valence-corrected chi connectivity index (χ1v) is 12.3. The zero-order valence-corrected chi connectivity index (χ0v) is 18.7. The molecule has 5 rings (SSSR count). The van der Waals surface area contributed by atoms with Crippen molar-refractivity contribution in [1.82, 2.24) is 24.8 Å². The predicted molar refractivity (Wildman–Crippen MR) is 121 cm³/mol. The molecule has 33 heavy (non-hydrogen) atoms. The standard InChI is InChI=1S/C23H21N5O4S/c1-33(30,31)21-8-7-16(13-25-21)32-20-12-15-11-18(17-5-2-3-9-24-17)26-23(15)27-19(20)14-28-10-4-6-22(28)29/h2-3,5,7-9,11-13H,4,6,10,14H2,1H3,(H,26,27). The van der Waals surface area contributed by atoms with E-state index in [2.05, 4.69) is 15.0 Å². The molecular weight excluding hydrogens is 442 g/mol. The fourth-order valence-electron chi connectivity index (χ4n) is 3.76. The Morgan fingerprint density at radius 1 is 1.15 bits per heavy atom. The Morgan fingerprint density at radius 2 is 2.03 bits per heavy atom. The minimum absolute atomic E-state index is 0.0306. The van der Waals surface area contributed by atoms with Crippen LogP contribution in [0.5, 0.6) is 11.5 Å². The number of ether oxygens (including phenoxy) is 1. The number of aromatic amines is 1. The van der Waals surface area contributed by atoms with Crippen LogP contribution in [0.3, 0.4) is 0 Å². The van der Waals surface area contributed by atoms with Crippen LogP contribution in [0.2, 0.25) is 0 Å². The van der Waals surface area contributed by atoms with E-state index >= 15 is 0 Å². The van der Waals surface area contributed by atoms with Crippen LogP contribution in [-0.4, -0.2) is 52.0 Å². The lowest BCUT2D eigenvalue weighted by Crippen LogP contribution is -2.24. The third kappa shape index (κ3) is 4.42. The van der Waals surface area contributed by atoms with Crippen molar-refractivity contribution in [3.05, 3.63) is 60.6 Å². The fourth-order valence-corrected chi connectivity index (χ4v) is 4.32. The molecule has 10 heteroatoms. The third-order valence-electron chi connectivity index (χ3n) is 5.41. The van der Waals surface area contributed by atoms with Crippen molar-refractivity contribution in [2.45, 2.75) is 24.4 Å². The molecule has 5 heterocycles. The Labute approximate surface area is 190 Å². The summed E-state index contributed by atoms with van der Waals surface area (Å²) in [5.41, 5.74) is 2.86. The van der Waals surface area contributed by atoms with E-state index in [0.29, 0.717) is 42.4 Å². The summed E-state index contributed by atoms with van der Waals surface area (Å²) < 4.78 is 29.4. The molecule has 0 saturated carbocycles. The SMILES string of the molecule is CS(=O)(=O)c1ccc(Oc2cc3cc(-c4ccccn4)[nH]c3nc2CN2CCCC2=O)cn1. The normalized spacial score (nSPS) is 14.2. The first kappa shape index (κ1) is 21.1. The van der Waals surface area contributed by atoms with Gasteiger partial charge in [-0.15, -0.1) is 0 Å². The summed E-state index contributed by atoms with van der Waals surface area (Å²) in [4.78, 5) is 30.4. The lowest BCUT2D eigenvalue weighted by Gasteiger charge is -2.17. The second kappa shape index (κ2) is 8.28. The van der Waals surface area contributed by atoms with Crippen LogP contribution in [0.4, 0.5) is 0 Å². The number of pyridine rings is 3. The number of carbonyl (C=O) groups is 1. The van der Waals surface area contributed by atoms with Crippen LogP contribution < -0.4 is 4.74 Å². The van der Waals surface area contributed by atoms with Gasteiger partial charge in [-0.2, -0.15) is 0 Å². The molecule has 0 aliphatic carbocycles. The lowest BCUT2D eigenvalue weighted by atomic mass is 10.2. The number of hydrogen-bond donors (Lipinski definition) is 1. The fraction of sp³-hybridized carbons (Fsp3) is 0.217. The molecule has 4 aromatic heterocycles. The Hall–Kier alpha value is -3.79. The van der Waals surface area contributed by atoms with Crippen molar-refractivity contribution in [2.24, 2.45) is 0 Å². The van der Waals surface area contributed by atoms with E-state index in [4.69, 9.17) is 9.72 Å². The molecular formula is C23H21N5O4S. The molecule has 1 saturated heterocycles. The van der Waals surface area contributed by atoms with Crippen LogP contribution in [0.1, 0.15) is 18.5 Å². The van der Waals surface area contributed by atoms with E-state index in [1.165, 1.54) is 12.3 Å². The summed E-state index contributed by atoms with van der Waals surface area (Å²) in [5.74, 6) is 0.934. The zero-order valence-electron chi connectivity index (χ0n) is 17.9. The molecule has 1 amide bonds. The van der Waals surface area contributed by atoms with E-state index in [0.717, 1.165) is 29.5 Å². The van der Waals surface area contributed by atoms with Gasteiger partial charge in [0.15, 0.2) is 20.6 Å². The number of fused-ring (bicyclic) bond motifs is 1. The quantitative estimate of drug-likeness (QED) is 0.466. The lowest BCUT2D eigenvalue weighted by molar-refractivity contribution is -0.128. The second-order valence-corrected chi connectivity index (χ2v) is 9.86. The highest BCUT2D eigenvalue weighted by atomic mass is 32.2. The van der Waals surface area contributed by atoms with Gasteiger partial charge < -0.3 is 14.6 Å². The third-order valence-corrected chi connectivity index (χ3v) is 6.42. The molecule has 1 aliphatic rings. The number of nitrogens with zero attached hydrogens (tertiary/aromatic N) is 4. The van der Waals surface area contributed by atoms with Gasteiger partial charge in [-0.25, -0.2) is 18.4 Å². The maximum atomic E-state index is 12.2. The highest BCUT2D eigenvalue weighted by Crippen LogP contribution is 2.31. The van der Waals surface area contributed by atoms with Crippen LogP contribution >= 0.6 is 0 Å². The van der Waals surface area contributed by atoms with Gasteiger partial charge in [0.25, 0.3) is 0 Å². The van der Waals surface area contributed by atoms with Crippen LogP contribution in [0.25, 0.3) is 22.4 Å². The minimum Gasteiger partial charge on any atom is -0.454 e. The Bertz CT molecular complexity index is 1430. The molecule has 0 spiro atoms. The molecule has 0 unspecified atom stereocenters. The van der Waals surface area contributed by atoms with Crippen molar-refractivity contribution in [2.75, 3.05) is 12.8 Å². The van der Waals surface area contributed by atoms with Crippen LogP contribution in [-0.2, 0) is 21.2 Å². The van der Waals surface area contributed by atoms with Gasteiger partial charge in [-0.05, 0) is 42.8 Å². The van der Waals surface area contributed by atoms with E-state index in [-0.39, 0.29) is 10.9 Å². The van der Waals surface area contributed by atoms with Gasteiger partial charge in [-0.3, -0.25) is 9.78 Å². The second-order valence-electron chi connectivity index (χ2n) is 7.89. The summed E-state index contributed by atoms with van der Waals surface area (Å²) in [6.45, 7) is 0.989. The molecule has 0 aromatic carbocycles. The number of H-pyrrole nitrogens is 1. The maximum absolute atomic E-state index is 12.2. The van der Waals surface area contributed by atoms with E-state index < -0.39 is 9.84 Å². The molecule has 1 aliphatic heterocycles. The van der Waals surface area contributed by atoms with Crippen molar-refractivity contribution in [1.29, 1.82) is 0 Å². The minimum atomic E-state index is -3.41. The van der Waals surface area contributed by atoms with Crippen molar-refractivity contribution in [3.8, 4) is 22.9 Å². The summed E-state index contributed by atoms with van der Waals surface area (Å²) >= 11 is 0. The van der Waals surface area contributed by atoms with Crippen LogP contribution in [0, 0.1) is 0 Å². The number of hydrogen-bond acceptors (Lipinski definition) is 7.